The second-order valence-electron chi connectivity index (χ2n) is 4.89. The first-order chi connectivity index (χ1) is 8.65. The van der Waals surface area contributed by atoms with E-state index in [1.807, 2.05) is 35.0 Å². The topological polar surface area (TPSA) is 51.4 Å². The van der Waals surface area contributed by atoms with Crippen LogP contribution < -0.4 is 0 Å². The lowest BCUT2D eigenvalue weighted by Gasteiger charge is -2.21. The number of hydrogen-bond acceptors (Lipinski definition) is 3. The summed E-state index contributed by atoms with van der Waals surface area (Å²) in [7, 11) is -2.91. The van der Waals surface area contributed by atoms with Gasteiger partial charge >= 0.3 is 0 Å². The van der Waals surface area contributed by atoms with Crippen molar-refractivity contribution in [1.82, 2.24) is 9.38 Å². The van der Waals surface area contributed by atoms with Gasteiger partial charge in [0, 0.05) is 18.8 Å². The normalized spacial score (nSPS) is 23.2. The lowest BCUT2D eigenvalue weighted by molar-refractivity contribution is 0.536. The third kappa shape index (κ3) is 2.14. The van der Waals surface area contributed by atoms with Crippen molar-refractivity contribution in [2.45, 2.75) is 30.9 Å². The van der Waals surface area contributed by atoms with Crippen LogP contribution in [-0.4, -0.2) is 28.8 Å². The summed E-state index contributed by atoms with van der Waals surface area (Å²) in [4.78, 5) is 4.47. The number of nitrogens with zero attached hydrogens (tertiary/aromatic N) is 2. The van der Waals surface area contributed by atoms with E-state index in [1.54, 1.807) is 0 Å². The summed E-state index contributed by atoms with van der Waals surface area (Å²) in [6.07, 6.45) is 7.00. The minimum Gasteiger partial charge on any atom is -0.307 e. The van der Waals surface area contributed by atoms with Crippen LogP contribution >= 0.6 is 0 Å². The van der Waals surface area contributed by atoms with Crippen LogP contribution in [0.25, 0.3) is 5.65 Å². The molecule has 96 valence electrons. The van der Waals surface area contributed by atoms with Gasteiger partial charge in [0.1, 0.15) is 5.65 Å². The van der Waals surface area contributed by atoms with E-state index in [-0.39, 0.29) is 5.25 Å². The summed E-state index contributed by atoms with van der Waals surface area (Å²) < 4.78 is 25.9. The molecule has 5 heteroatoms. The van der Waals surface area contributed by atoms with Gasteiger partial charge in [-0.2, -0.15) is 0 Å². The van der Waals surface area contributed by atoms with E-state index in [0.29, 0.717) is 12.2 Å². The Bertz CT molecular complexity index is 627. The highest BCUT2D eigenvalue weighted by Crippen LogP contribution is 2.22. The van der Waals surface area contributed by atoms with Gasteiger partial charge in [-0.3, -0.25) is 0 Å². The van der Waals surface area contributed by atoms with Gasteiger partial charge in [-0.05, 0) is 25.0 Å². The number of hydrogen-bond donors (Lipinski definition) is 0. The number of rotatable bonds is 2. The maximum atomic E-state index is 12.0. The van der Waals surface area contributed by atoms with Crippen molar-refractivity contribution in [1.29, 1.82) is 0 Å². The smallest absolute Gasteiger partial charge is 0.153 e. The molecular weight excluding hydrogens is 248 g/mol. The quantitative estimate of drug-likeness (QED) is 0.831. The van der Waals surface area contributed by atoms with Gasteiger partial charge in [-0.25, -0.2) is 13.4 Å². The Hall–Kier alpha value is -1.36. The maximum absolute atomic E-state index is 12.0. The molecule has 0 aromatic carbocycles. The summed E-state index contributed by atoms with van der Waals surface area (Å²) in [5, 5.41) is -0.240. The summed E-state index contributed by atoms with van der Waals surface area (Å²) in [5.41, 5.74) is 1.75. The van der Waals surface area contributed by atoms with Crippen LogP contribution in [0.3, 0.4) is 0 Å². The molecule has 1 aliphatic rings. The third-order valence-corrected chi connectivity index (χ3v) is 5.84. The molecule has 0 saturated carbocycles. The van der Waals surface area contributed by atoms with Gasteiger partial charge in [0.2, 0.25) is 0 Å². The van der Waals surface area contributed by atoms with Gasteiger partial charge in [0.15, 0.2) is 9.84 Å². The highest BCUT2D eigenvalue weighted by Gasteiger charge is 2.29. The maximum Gasteiger partial charge on any atom is 0.153 e. The van der Waals surface area contributed by atoms with Crippen molar-refractivity contribution in [3.63, 3.8) is 0 Å². The van der Waals surface area contributed by atoms with E-state index in [0.717, 1.165) is 30.6 Å². The van der Waals surface area contributed by atoms with Crippen LogP contribution in [0.1, 0.15) is 25.0 Å². The highest BCUT2D eigenvalue weighted by atomic mass is 32.2. The molecule has 1 unspecified atom stereocenters. The zero-order valence-corrected chi connectivity index (χ0v) is 10.9. The van der Waals surface area contributed by atoms with Gasteiger partial charge in [0.25, 0.3) is 0 Å². The predicted molar refractivity (Wildman–Crippen MR) is 70.3 cm³/mol. The molecular formula is C13H16N2O2S. The summed E-state index contributed by atoms with van der Waals surface area (Å²) >= 11 is 0. The minimum absolute atomic E-state index is 0.240. The van der Waals surface area contributed by atoms with Crippen molar-refractivity contribution in [3.05, 3.63) is 36.3 Å². The van der Waals surface area contributed by atoms with Crippen molar-refractivity contribution in [2.24, 2.45) is 0 Å². The molecule has 3 rings (SSSR count). The van der Waals surface area contributed by atoms with Gasteiger partial charge in [-0.1, -0.05) is 12.5 Å². The van der Waals surface area contributed by atoms with Crippen LogP contribution in [0.2, 0.25) is 0 Å². The Morgan fingerprint density at radius 3 is 3.00 bits per heavy atom. The van der Waals surface area contributed by atoms with Crippen LogP contribution in [-0.2, 0) is 16.3 Å². The van der Waals surface area contributed by atoms with E-state index in [9.17, 15) is 8.42 Å². The number of sulfone groups is 1. The number of fused-ring (bicyclic) bond motifs is 1. The Balaban J connectivity index is 1.87. The van der Waals surface area contributed by atoms with E-state index in [2.05, 4.69) is 4.98 Å². The summed E-state index contributed by atoms with van der Waals surface area (Å²) in [6, 6.07) is 5.80. The summed E-state index contributed by atoms with van der Waals surface area (Å²) in [6.45, 7) is 0. The first kappa shape index (κ1) is 11.7. The third-order valence-electron chi connectivity index (χ3n) is 3.56. The van der Waals surface area contributed by atoms with E-state index >= 15 is 0 Å². The molecule has 3 heterocycles. The second kappa shape index (κ2) is 4.39. The predicted octanol–water partition coefficient (Wildman–Crippen LogP) is 1.84. The molecule has 0 aliphatic carbocycles. The number of aromatic nitrogens is 2. The van der Waals surface area contributed by atoms with Gasteiger partial charge in [-0.15, -0.1) is 0 Å². The van der Waals surface area contributed by atoms with Crippen molar-refractivity contribution >= 4 is 15.5 Å². The molecule has 0 spiro atoms. The number of pyridine rings is 1. The van der Waals surface area contributed by atoms with Crippen LogP contribution in [0.5, 0.6) is 0 Å². The minimum atomic E-state index is -2.91. The fraction of sp³-hybridized carbons (Fsp3) is 0.462. The molecule has 0 bridgehead atoms. The molecule has 1 aliphatic heterocycles. The first-order valence-electron chi connectivity index (χ1n) is 6.29. The fourth-order valence-electron chi connectivity index (χ4n) is 2.57. The molecule has 0 amide bonds. The zero-order valence-electron chi connectivity index (χ0n) is 10.1. The standard InChI is InChI=1S/C13H16N2O2S/c16-18(17)8-4-2-5-12(18)9-11-10-15-7-3-1-6-13(15)14-11/h1,3,6-7,10,12H,2,4-5,8-9H2. The molecule has 4 nitrogen and oxygen atoms in total. The fourth-order valence-corrected chi connectivity index (χ4v) is 4.46. The highest BCUT2D eigenvalue weighted by molar-refractivity contribution is 7.92. The molecule has 18 heavy (non-hydrogen) atoms. The van der Waals surface area contributed by atoms with Crippen LogP contribution in [0, 0.1) is 0 Å². The average molecular weight is 264 g/mol. The SMILES string of the molecule is O=S1(=O)CCCCC1Cc1cn2ccccc2n1. The Morgan fingerprint density at radius 1 is 1.33 bits per heavy atom. The lowest BCUT2D eigenvalue weighted by atomic mass is 10.1. The van der Waals surface area contributed by atoms with Crippen molar-refractivity contribution in [3.8, 4) is 0 Å². The Kier molecular flexibility index (Phi) is 2.86. The second-order valence-corrected chi connectivity index (χ2v) is 7.29. The Morgan fingerprint density at radius 2 is 2.22 bits per heavy atom. The number of imidazole rings is 1. The van der Waals surface area contributed by atoms with Gasteiger partial charge in [0.05, 0.1) is 16.7 Å². The van der Waals surface area contributed by atoms with E-state index in [1.165, 1.54) is 0 Å². The Labute approximate surface area is 107 Å². The molecule has 0 N–H and O–H groups in total. The van der Waals surface area contributed by atoms with Gasteiger partial charge < -0.3 is 4.40 Å². The molecule has 1 fully saturated rings. The summed E-state index contributed by atoms with van der Waals surface area (Å²) in [5.74, 6) is 0.338. The van der Waals surface area contributed by atoms with E-state index in [4.69, 9.17) is 0 Å². The molecule has 2 aromatic heterocycles. The average Bonchev–Trinajstić information content (AvgIpc) is 2.74. The van der Waals surface area contributed by atoms with Crippen molar-refractivity contribution in [2.75, 3.05) is 5.75 Å². The van der Waals surface area contributed by atoms with Crippen molar-refractivity contribution < 1.29 is 8.42 Å². The van der Waals surface area contributed by atoms with Crippen LogP contribution in [0.4, 0.5) is 0 Å². The molecule has 1 saturated heterocycles. The van der Waals surface area contributed by atoms with Crippen LogP contribution in [0.15, 0.2) is 30.6 Å². The monoisotopic (exact) mass is 264 g/mol. The lowest BCUT2D eigenvalue weighted by Crippen LogP contribution is -2.30. The first-order valence-corrected chi connectivity index (χ1v) is 8.01. The van der Waals surface area contributed by atoms with E-state index < -0.39 is 9.84 Å². The molecule has 0 radical (unpaired) electrons. The molecule has 2 aromatic rings. The molecule has 1 atom stereocenters. The zero-order chi connectivity index (χ0) is 12.6. The largest absolute Gasteiger partial charge is 0.307 e.